The minimum Gasteiger partial charge on any atom is -0.292 e. The SMILES string of the molecule is CCCC1(CC)[n+]2ccccc2-c2cc(-c3cccc(-c4cc(-c5ccccc5)cc(-c5nc6ccccc6n5-c5ccccc5)c4)c3)ccc2C1(C)CC. The lowest BCUT2D eigenvalue weighted by Gasteiger charge is -2.48. The van der Waals surface area contributed by atoms with Gasteiger partial charge in [0.25, 0.3) is 0 Å². The topological polar surface area (TPSA) is 21.7 Å². The minimum atomic E-state index is 0.0109. The van der Waals surface area contributed by atoms with Gasteiger partial charge < -0.3 is 0 Å². The zero-order valence-corrected chi connectivity index (χ0v) is 32.3. The Balaban J connectivity index is 1.20. The summed E-state index contributed by atoms with van der Waals surface area (Å²) in [6, 6.07) is 59.7. The fourth-order valence-corrected chi connectivity index (χ4v) is 9.69. The summed E-state index contributed by atoms with van der Waals surface area (Å²) in [4.78, 5) is 5.26. The van der Waals surface area contributed by atoms with Crippen LogP contribution in [0.2, 0.25) is 0 Å². The monoisotopic (exact) mass is 714 g/mol. The molecule has 6 aromatic carbocycles. The van der Waals surface area contributed by atoms with Crippen LogP contribution in [0.5, 0.6) is 0 Å². The van der Waals surface area contributed by atoms with E-state index < -0.39 is 0 Å². The first-order chi connectivity index (χ1) is 27.0. The summed E-state index contributed by atoms with van der Waals surface area (Å²) in [5.41, 5.74) is 15.6. The lowest BCUT2D eigenvalue weighted by atomic mass is 9.58. The first-order valence-electron chi connectivity index (χ1n) is 20.0. The minimum absolute atomic E-state index is 0.0109. The number of rotatable bonds is 9. The van der Waals surface area contributed by atoms with Gasteiger partial charge in [0, 0.05) is 36.2 Å². The van der Waals surface area contributed by atoms with E-state index in [4.69, 9.17) is 4.98 Å². The van der Waals surface area contributed by atoms with E-state index in [0.717, 1.165) is 64.9 Å². The Bertz CT molecular complexity index is 2650. The fourth-order valence-electron chi connectivity index (χ4n) is 9.69. The fraction of sp³-hybridized carbons (Fsp3) is 0.192. The summed E-state index contributed by atoms with van der Waals surface area (Å²) >= 11 is 0. The van der Waals surface area contributed by atoms with Crippen LogP contribution in [-0.4, -0.2) is 9.55 Å². The third-order valence-corrected chi connectivity index (χ3v) is 12.6. The summed E-state index contributed by atoms with van der Waals surface area (Å²) in [6.45, 7) is 9.61. The molecule has 0 spiro atoms. The average molecular weight is 715 g/mol. The van der Waals surface area contributed by atoms with Crippen molar-refractivity contribution in [3.8, 4) is 61.7 Å². The second kappa shape index (κ2) is 14.0. The van der Waals surface area contributed by atoms with E-state index in [-0.39, 0.29) is 11.0 Å². The van der Waals surface area contributed by atoms with Crippen molar-refractivity contribution in [2.45, 2.75) is 64.3 Å². The molecule has 0 bridgehead atoms. The number of hydrogen-bond acceptors (Lipinski definition) is 1. The molecular formula is C52H48N3+. The van der Waals surface area contributed by atoms with E-state index in [1.807, 2.05) is 0 Å². The normalized spacial score (nSPS) is 17.5. The van der Waals surface area contributed by atoms with Crippen molar-refractivity contribution in [1.29, 1.82) is 0 Å². The van der Waals surface area contributed by atoms with Crippen LogP contribution in [0.3, 0.4) is 0 Å². The zero-order valence-electron chi connectivity index (χ0n) is 32.3. The number of imidazole rings is 1. The number of aromatic nitrogens is 3. The molecule has 2 atom stereocenters. The Morgan fingerprint density at radius 1 is 0.545 bits per heavy atom. The zero-order chi connectivity index (χ0) is 37.6. The molecule has 1 aliphatic heterocycles. The lowest BCUT2D eigenvalue weighted by Crippen LogP contribution is -2.69. The number of hydrogen-bond donors (Lipinski definition) is 0. The number of nitrogens with zero attached hydrogens (tertiary/aromatic N) is 3. The van der Waals surface area contributed by atoms with Gasteiger partial charge in [-0.15, -0.1) is 0 Å². The molecule has 0 amide bonds. The first kappa shape index (κ1) is 34.7. The number of para-hydroxylation sites is 3. The van der Waals surface area contributed by atoms with Crippen LogP contribution in [0.15, 0.2) is 170 Å². The Hall–Kier alpha value is -6.06. The Kier molecular flexibility index (Phi) is 8.81. The van der Waals surface area contributed by atoms with E-state index in [1.54, 1.807) is 0 Å². The van der Waals surface area contributed by atoms with Gasteiger partial charge in [0.1, 0.15) is 5.82 Å². The van der Waals surface area contributed by atoms with Gasteiger partial charge in [-0.25, -0.2) is 4.98 Å². The molecule has 0 N–H and O–H groups in total. The van der Waals surface area contributed by atoms with Crippen LogP contribution in [-0.2, 0) is 11.0 Å². The van der Waals surface area contributed by atoms with Crippen molar-refractivity contribution in [2.75, 3.05) is 0 Å². The predicted molar refractivity (Wildman–Crippen MR) is 229 cm³/mol. The molecule has 2 aromatic heterocycles. The number of benzene rings is 6. The van der Waals surface area contributed by atoms with Gasteiger partial charge >= 0.3 is 0 Å². The summed E-state index contributed by atoms with van der Waals surface area (Å²) in [6.07, 6.45) is 6.83. The van der Waals surface area contributed by atoms with E-state index in [1.165, 1.54) is 39.1 Å². The van der Waals surface area contributed by atoms with E-state index in [0.29, 0.717) is 0 Å². The molecule has 0 saturated heterocycles. The summed E-state index contributed by atoms with van der Waals surface area (Å²) in [5.74, 6) is 0.929. The van der Waals surface area contributed by atoms with E-state index >= 15 is 0 Å². The van der Waals surface area contributed by atoms with Crippen molar-refractivity contribution in [1.82, 2.24) is 9.55 Å². The molecular weight excluding hydrogens is 667 g/mol. The van der Waals surface area contributed by atoms with Crippen LogP contribution in [0.1, 0.15) is 58.9 Å². The highest BCUT2D eigenvalue weighted by Crippen LogP contribution is 2.52. The molecule has 9 rings (SSSR count). The standard InChI is InChI=1S/C52H48N3/c1-5-30-52(7-3)51(4,6-2)46-29-28-40(36-45(46)48-26-16-17-31-54(48)52)38-21-18-22-39(32-38)42-33-41(37-19-10-8-11-20-37)34-43(35-42)50-53-47-25-14-15-27-49(47)55(50)44-23-12-9-13-24-44/h8-29,31-36H,5-7,30H2,1-4H3/q+1. The maximum absolute atomic E-state index is 5.26. The molecule has 3 heteroatoms. The molecule has 55 heavy (non-hydrogen) atoms. The van der Waals surface area contributed by atoms with Gasteiger partial charge in [-0.3, -0.25) is 4.57 Å². The second-order valence-corrected chi connectivity index (χ2v) is 15.4. The molecule has 0 saturated carbocycles. The van der Waals surface area contributed by atoms with Crippen LogP contribution in [0, 0.1) is 0 Å². The van der Waals surface area contributed by atoms with E-state index in [9.17, 15) is 0 Å². The molecule has 0 fully saturated rings. The van der Waals surface area contributed by atoms with Crippen molar-refractivity contribution in [3.05, 3.63) is 176 Å². The summed E-state index contributed by atoms with van der Waals surface area (Å²) < 4.78 is 4.92. The second-order valence-electron chi connectivity index (χ2n) is 15.4. The summed E-state index contributed by atoms with van der Waals surface area (Å²) in [7, 11) is 0. The van der Waals surface area contributed by atoms with Crippen molar-refractivity contribution < 1.29 is 4.57 Å². The average Bonchev–Trinajstić information content (AvgIpc) is 3.65. The van der Waals surface area contributed by atoms with Gasteiger partial charge in [-0.2, -0.15) is 4.57 Å². The van der Waals surface area contributed by atoms with E-state index in [2.05, 4.69) is 207 Å². The highest BCUT2D eigenvalue weighted by molar-refractivity contribution is 5.87. The molecule has 2 unspecified atom stereocenters. The van der Waals surface area contributed by atoms with Gasteiger partial charge in [0.2, 0.25) is 5.69 Å². The van der Waals surface area contributed by atoms with Crippen molar-refractivity contribution in [2.24, 2.45) is 0 Å². The molecule has 3 heterocycles. The molecule has 0 radical (unpaired) electrons. The van der Waals surface area contributed by atoms with Gasteiger partial charge in [0.05, 0.1) is 22.0 Å². The number of fused-ring (bicyclic) bond motifs is 4. The largest absolute Gasteiger partial charge is 0.292 e. The molecule has 8 aromatic rings. The molecule has 270 valence electrons. The van der Waals surface area contributed by atoms with Crippen LogP contribution < -0.4 is 4.57 Å². The Labute approximate surface area is 325 Å². The van der Waals surface area contributed by atoms with Gasteiger partial charge in [-0.1, -0.05) is 112 Å². The summed E-state index contributed by atoms with van der Waals surface area (Å²) in [5, 5.41) is 0. The van der Waals surface area contributed by atoms with Crippen molar-refractivity contribution >= 4 is 11.0 Å². The Morgan fingerprint density at radius 3 is 1.91 bits per heavy atom. The molecule has 1 aliphatic rings. The quantitative estimate of drug-likeness (QED) is 0.136. The van der Waals surface area contributed by atoms with Crippen LogP contribution >= 0.6 is 0 Å². The van der Waals surface area contributed by atoms with Crippen LogP contribution in [0.25, 0.3) is 72.7 Å². The third kappa shape index (κ3) is 5.64. The highest BCUT2D eigenvalue weighted by Gasteiger charge is 2.58. The Morgan fingerprint density at radius 2 is 1.16 bits per heavy atom. The maximum Gasteiger partial charge on any atom is 0.213 e. The van der Waals surface area contributed by atoms with Gasteiger partial charge in [-0.05, 0) is 119 Å². The van der Waals surface area contributed by atoms with Crippen LogP contribution in [0.4, 0.5) is 0 Å². The van der Waals surface area contributed by atoms with Crippen molar-refractivity contribution in [3.63, 3.8) is 0 Å². The third-order valence-electron chi connectivity index (χ3n) is 12.6. The number of pyridine rings is 1. The highest BCUT2D eigenvalue weighted by atomic mass is 15.1. The lowest BCUT2D eigenvalue weighted by molar-refractivity contribution is -0.770. The smallest absolute Gasteiger partial charge is 0.213 e. The predicted octanol–water partition coefficient (Wildman–Crippen LogP) is 13.2. The molecule has 3 nitrogen and oxygen atoms in total. The first-order valence-corrected chi connectivity index (χ1v) is 20.0. The maximum atomic E-state index is 5.26. The van der Waals surface area contributed by atoms with Gasteiger partial charge in [0.15, 0.2) is 11.7 Å². The molecule has 0 aliphatic carbocycles.